The summed E-state index contributed by atoms with van der Waals surface area (Å²) in [7, 11) is 1.59. The van der Waals surface area contributed by atoms with Crippen LogP contribution in [0.5, 0.6) is 0 Å². The van der Waals surface area contributed by atoms with Crippen LogP contribution in [0.1, 0.15) is 39.5 Å². The number of methoxy groups -OCH3 is 1. The molecule has 2 N–H and O–H groups in total. The molecular weight excluding hydrogens is 208 g/mol. The lowest BCUT2D eigenvalue weighted by Crippen LogP contribution is -2.24. The van der Waals surface area contributed by atoms with Gasteiger partial charge in [-0.1, -0.05) is 0 Å². The second kappa shape index (κ2) is 8.61. The van der Waals surface area contributed by atoms with E-state index in [0.717, 1.165) is 12.8 Å². The van der Waals surface area contributed by atoms with E-state index in [4.69, 9.17) is 14.9 Å². The van der Waals surface area contributed by atoms with Gasteiger partial charge in [0.1, 0.15) is 0 Å². The van der Waals surface area contributed by atoms with E-state index >= 15 is 0 Å². The maximum Gasteiger partial charge on any atom is 0.175 e. The van der Waals surface area contributed by atoms with E-state index in [9.17, 15) is 0 Å². The average molecular weight is 232 g/mol. The zero-order valence-corrected chi connectivity index (χ0v) is 10.5. The van der Waals surface area contributed by atoms with E-state index in [0.29, 0.717) is 12.8 Å². The van der Waals surface area contributed by atoms with Crippen molar-refractivity contribution in [3.05, 3.63) is 0 Å². The molecule has 5 nitrogen and oxygen atoms in total. The van der Waals surface area contributed by atoms with E-state index in [2.05, 4.69) is 10.2 Å². The maximum atomic E-state index is 8.76. The van der Waals surface area contributed by atoms with E-state index in [1.54, 1.807) is 7.11 Å². The molecule has 0 amide bonds. The van der Waals surface area contributed by atoms with Crippen LogP contribution in [-0.2, 0) is 4.74 Å². The molecular formula is C11H24N2O3. The number of nitrogens with zero attached hydrogens (tertiary/aromatic N) is 2. The van der Waals surface area contributed by atoms with Crippen LogP contribution in [0.15, 0.2) is 10.2 Å². The summed E-state index contributed by atoms with van der Waals surface area (Å²) >= 11 is 0. The molecule has 0 rings (SSSR count). The van der Waals surface area contributed by atoms with Gasteiger partial charge in [-0.05, 0) is 33.1 Å². The Kier molecular flexibility index (Phi) is 8.33. The molecule has 0 aromatic rings. The van der Waals surface area contributed by atoms with Crippen molar-refractivity contribution in [3.8, 4) is 0 Å². The highest BCUT2D eigenvalue weighted by Gasteiger charge is 2.22. The zero-order chi connectivity index (χ0) is 12.4. The van der Waals surface area contributed by atoms with Gasteiger partial charge in [0, 0.05) is 26.7 Å². The van der Waals surface area contributed by atoms with Crippen molar-refractivity contribution < 1.29 is 14.9 Å². The van der Waals surface area contributed by atoms with Gasteiger partial charge in [0.15, 0.2) is 5.72 Å². The first-order valence-electron chi connectivity index (χ1n) is 5.77. The maximum absolute atomic E-state index is 8.76. The first-order chi connectivity index (χ1) is 7.58. The molecule has 0 heterocycles. The SMILES string of the molecule is COC(C)(CCCO)N=NC(C)CCCO. The Balaban J connectivity index is 4.11. The molecule has 0 bridgehead atoms. The smallest absolute Gasteiger partial charge is 0.175 e. The minimum atomic E-state index is -0.643. The molecule has 0 aliphatic heterocycles. The standard InChI is InChI=1S/C11H24N2O3/c1-10(6-4-8-14)12-13-11(2,16-3)7-5-9-15/h10,14-15H,4-9H2,1-3H3. The molecule has 0 radical (unpaired) electrons. The average Bonchev–Trinajstić information content (AvgIpc) is 2.31. The predicted octanol–water partition coefficient (Wildman–Crippen LogP) is 1.73. The summed E-state index contributed by atoms with van der Waals surface area (Å²) in [5, 5.41) is 25.8. The van der Waals surface area contributed by atoms with Crippen molar-refractivity contribution in [3.63, 3.8) is 0 Å². The van der Waals surface area contributed by atoms with Crippen molar-refractivity contribution in [2.75, 3.05) is 20.3 Å². The lowest BCUT2D eigenvalue weighted by molar-refractivity contribution is -0.00545. The van der Waals surface area contributed by atoms with E-state index in [1.807, 2.05) is 13.8 Å². The second-order valence-corrected chi connectivity index (χ2v) is 4.14. The number of aliphatic hydroxyl groups excluding tert-OH is 2. The summed E-state index contributed by atoms with van der Waals surface area (Å²) in [5.74, 6) is 0. The monoisotopic (exact) mass is 232 g/mol. The Bertz CT molecular complexity index is 200. The second-order valence-electron chi connectivity index (χ2n) is 4.14. The van der Waals surface area contributed by atoms with Gasteiger partial charge < -0.3 is 14.9 Å². The molecule has 2 unspecified atom stereocenters. The van der Waals surface area contributed by atoms with Crippen molar-refractivity contribution in [1.29, 1.82) is 0 Å². The largest absolute Gasteiger partial charge is 0.396 e. The molecule has 2 atom stereocenters. The quantitative estimate of drug-likeness (QED) is 0.594. The van der Waals surface area contributed by atoms with Gasteiger partial charge in [-0.3, -0.25) is 0 Å². The highest BCUT2D eigenvalue weighted by atomic mass is 16.5. The third kappa shape index (κ3) is 6.87. The molecule has 0 aromatic heterocycles. The molecule has 0 aliphatic carbocycles. The third-order valence-corrected chi connectivity index (χ3v) is 2.48. The van der Waals surface area contributed by atoms with E-state index < -0.39 is 5.72 Å². The first kappa shape index (κ1) is 15.5. The Hall–Kier alpha value is -0.520. The van der Waals surface area contributed by atoms with Gasteiger partial charge in [-0.2, -0.15) is 10.2 Å². The topological polar surface area (TPSA) is 74.4 Å². The van der Waals surface area contributed by atoms with Gasteiger partial charge in [0.2, 0.25) is 0 Å². The Labute approximate surface area is 97.5 Å². The number of aliphatic hydroxyl groups is 2. The highest BCUT2D eigenvalue weighted by Crippen LogP contribution is 2.19. The molecule has 16 heavy (non-hydrogen) atoms. The summed E-state index contributed by atoms with van der Waals surface area (Å²) < 4.78 is 5.27. The Morgan fingerprint density at radius 2 is 1.88 bits per heavy atom. The number of azo groups is 1. The van der Waals surface area contributed by atoms with Crippen molar-refractivity contribution in [2.45, 2.75) is 51.3 Å². The van der Waals surface area contributed by atoms with E-state index in [1.165, 1.54) is 0 Å². The van der Waals surface area contributed by atoms with Gasteiger partial charge in [0.05, 0.1) is 6.04 Å². The zero-order valence-electron chi connectivity index (χ0n) is 10.5. The lowest BCUT2D eigenvalue weighted by atomic mass is 10.1. The van der Waals surface area contributed by atoms with Crippen LogP contribution in [0, 0.1) is 0 Å². The highest BCUT2D eigenvalue weighted by molar-refractivity contribution is 4.70. The molecule has 0 aliphatic rings. The van der Waals surface area contributed by atoms with Crippen molar-refractivity contribution in [2.24, 2.45) is 10.2 Å². The predicted molar refractivity (Wildman–Crippen MR) is 62.4 cm³/mol. The van der Waals surface area contributed by atoms with Crippen LogP contribution in [-0.4, -0.2) is 42.3 Å². The van der Waals surface area contributed by atoms with Crippen LogP contribution in [0.2, 0.25) is 0 Å². The molecule has 96 valence electrons. The van der Waals surface area contributed by atoms with Gasteiger partial charge in [-0.15, -0.1) is 0 Å². The Morgan fingerprint density at radius 3 is 2.38 bits per heavy atom. The molecule has 0 saturated carbocycles. The summed E-state index contributed by atoms with van der Waals surface area (Å²) in [6.45, 7) is 4.13. The van der Waals surface area contributed by atoms with Crippen LogP contribution >= 0.6 is 0 Å². The summed E-state index contributed by atoms with van der Waals surface area (Å²) in [6.07, 6.45) is 2.85. The van der Waals surface area contributed by atoms with Crippen LogP contribution in [0.4, 0.5) is 0 Å². The number of hydrogen-bond acceptors (Lipinski definition) is 5. The van der Waals surface area contributed by atoms with Gasteiger partial charge >= 0.3 is 0 Å². The molecule has 0 aromatic carbocycles. The Morgan fingerprint density at radius 1 is 1.25 bits per heavy atom. The minimum Gasteiger partial charge on any atom is -0.396 e. The molecule has 0 saturated heterocycles. The molecule has 0 spiro atoms. The van der Waals surface area contributed by atoms with Crippen molar-refractivity contribution in [1.82, 2.24) is 0 Å². The van der Waals surface area contributed by atoms with E-state index in [-0.39, 0.29) is 19.3 Å². The fraction of sp³-hybridized carbons (Fsp3) is 1.00. The fourth-order valence-electron chi connectivity index (χ4n) is 1.27. The van der Waals surface area contributed by atoms with Gasteiger partial charge in [-0.25, -0.2) is 0 Å². The number of ether oxygens (including phenoxy) is 1. The number of hydrogen-bond donors (Lipinski definition) is 2. The molecule has 5 heteroatoms. The number of rotatable bonds is 9. The fourth-order valence-corrected chi connectivity index (χ4v) is 1.27. The van der Waals surface area contributed by atoms with Crippen LogP contribution in [0.25, 0.3) is 0 Å². The summed E-state index contributed by atoms with van der Waals surface area (Å²) in [6, 6.07) is 0.0933. The lowest BCUT2D eigenvalue weighted by Gasteiger charge is -2.22. The van der Waals surface area contributed by atoms with Crippen LogP contribution in [0.3, 0.4) is 0 Å². The van der Waals surface area contributed by atoms with Crippen LogP contribution < -0.4 is 0 Å². The normalized spacial score (nSPS) is 17.6. The van der Waals surface area contributed by atoms with Gasteiger partial charge in [0.25, 0.3) is 0 Å². The van der Waals surface area contributed by atoms with Crippen molar-refractivity contribution >= 4 is 0 Å². The minimum absolute atomic E-state index is 0.0933. The third-order valence-electron chi connectivity index (χ3n) is 2.48. The summed E-state index contributed by atoms with van der Waals surface area (Å²) in [4.78, 5) is 0. The molecule has 0 fully saturated rings. The first-order valence-corrected chi connectivity index (χ1v) is 5.77. The summed E-state index contributed by atoms with van der Waals surface area (Å²) in [5.41, 5.74) is -0.643.